The topological polar surface area (TPSA) is 91.9 Å². The minimum atomic E-state index is -4.00. The second-order valence-corrected chi connectivity index (χ2v) is 8.47. The molecule has 1 heterocycles. The molecule has 2 N–H and O–H groups in total. The molecule has 21 heavy (non-hydrogen) atoms. The predicted octanol–water partition coefficient (Wildman–Crippen LogP) is 2.28. The Morgan fingerprint density at radius 1 is 1.48 bits per heavy atom. The normalized spacial score (nSPS) is 20.9. The van der Waals surface area contributed by atoms with Gasteiger partial charge < -0.3 is 5.32 Å². The fourth-order valence-electron chi connectivity index (χ4n) is 2.87. The molecule has 2 fully saturated rings. The number of aromatic nitrogens is 2. The molecule has 116 valence electrons. The van der Waals surface area contributed by atoms with Crippen LogP contribution in [-0.2, 0) is 9.05 Å². The zero-order valence-corrected chi connectivity index (χ0v) is 13.4. The Balaban J connectivity index is 1.93. The van der Waals surface area contributed by atoms with E-state index in [1.807, 2.05) is 6.92 Å². The molecule has 1 aromatic rings. The highest BCUT2D eigenvalue weighted by Crippen LogP contribution is 2.43. The van der Waals surface area contributed by atoms with Crippen LogP contribution in [0.25, 0.3) is 0 Å². The van der Waals surface area contributed by atoms with E-state index in [9.17, 15) is 13.2 Å². The van der Waals surface area contributed by atoms with Gasteiger partial charge in [0.2, 0.25) is 0 Å². The molecule has 0 unspecified atom stereocenters. The van der Waals surface area contributed by atoms with Gasteiger partial charge in [-0.25, -0.2) is 8.42 Å². The highest BCUT2D eigenvalue weighted by atomic mass is 35.7. The standard InChI is InChI=1S/C13H18ClN3O3S/c1-2-13(6-3-7-13)15-12(18)10-11(21(14,19)20)9(16-17-10)8-4-5-8/h8H,2-7H2,1H3,(H,15,18)(H,16,17). The first-order valence-corrected chi connectivity index (χ1v) is 9.53. The van der Waals surface area contributed by atoms with E-state index < -0.39 is 15.0 Å². The number of carbonyl (C=O) groups is 1. The van der Waals surface area contributed by atoms with E-state index in [0.717, 1.165) is 38.5 Å². The minimum absolute atomic E-state index is 0.105. The molecule has 2 aliphatic rings. The summed E-state index contributed by atoms with van der Waals surface area (Å²) in [6.07, 6.45) is 5.50. The van der Waals surface area contributed by atoms with E-state index in [-0.39, 0.29) is 22.0 Å². The van der Waals surface area contributed by atoms with Crippen LogP contribution in [0.1, 0.15) is 67.5 Å². The molecule has 2 saturated carbocycles. The zero-order chi connectivity index (χ0) is 15.3. The van der Waals surface area contributed by atoms with Crippen molar-refractivity contribution in [3.63, 3.8) is 0 Å². The number of aromatic amines is 1. The zero-order valence-electron chi connectivity index (χ0n) is 11.8. The summed E-state index contributed by atoms with van der Waals surface area (Å²) in [4.78, 5) is 12.3. The summed E-state index contributed by atoms with van der Waals surface area (Å²) in [5.74, 6) is -0.342. The van der Waals surface area contributed by atoms with Crippen molar-refractivity contribution in [1.82, 2.24) is 15.5 Å². The van der Waals surface area contributed by atoms with E-state index in [4.69, 9.17) is 10.7 Å². The fraction of sp³-hybridized carbons (Fsp3) is 0.692. The first-order chi connectivity index (χ1) is 9.86. The van der Waals surface area contributed by atoms with Crippen molar-refractivity contribution in [3.05, 3.63) is 11.4 Å². The number of halogens is 1. The summed E-state index contributed by atoms with van der Waals surface area (Å²) >= 11 is 0. The van der Waals surface area contributed by atoms with Gasteiger partial charge in [0.05, 0.1) is 5.69 Å². The first-order valence-electron chi connectivity index (χ1n) is 7.22. The third-order valence-corrected chi connectivity index (χ3v) is 5.92. The lowest BCUT2D eigenvalue weighted by atomic mass is 9.75. The highest BCUT2D eigenvalue weighted by Gasteiger charge is 2.40. The van der Waals surface area contributed by atoms with Crippen molar-refractivity contribution in [2.24, 2.45) is 0 Å². The molecule has 2 aliphatic carbocycles. The Labute approximate surface area is 128 Å². The lowest BCUT2D eigenvalue weighted by Gasteiger charge is -2.41. The van der Waals surface area contributed by atoms with Gasteiger partial charge in [0.15, 0.2) is 5.69 Å². The monoisotopic (exact) mass is 331 g/mol. The molecule has 0 saturated heterocycles. The smallest absolute Gasteiger partial charge is 0.273 e. The predicted molar refractivity (Wildman–Crippen MR) is 77.9 cm³/mol. The minimum Gasteiger partial charge on any atom is -0.345 e. The van der Waals surface area contributed by atoms with Crippen LogP contribution in [0, 0.1) is 0 Å². The lowest BCUT2D eigenvalue weighted by molar-refractivity contribution is 0.0811. The molecule has 6 nitrogen and oxygen atoms in total. The van der Waals surface area contributed by atoms with Crippen LogP contribution >= 0.6 is 10.7 Å². The number of nitrogens with zero attached hydrogens (tertiary/aromatic N) is 1. The Hall–Kier alpha value is -1.08. The van der Waals surface area contributed by atoms with E-state index in [0.29, 0.717) is 5.69 Å². The first kappa shape index (κ1) is 14.8. The van der Waals surface area contributed by atoms with Crippen molar-refractivity contribution in [1.29, 1.82) is 0 Å². The van der Waals surface area contributed by atoms with Gasteiger partial charge >= 0.3 is 0 Å². The molecular weight excluding hydrogens is 314 g/mol. The van der Waals surface area contributed by atoms with Gasteiger partial charge in [-0.3, -0.25) is 9.89 Å². The van der Waals surface area contributed by atoms with Gasteiger partial charge in [-0.2, -0.15) is 5.10 Å². The van der Waals surface area contributed by atoms with Crippen molar-refractivity contribution >= 4 is 25.6 Å². The molecule has 0 atom stereocenters. The third kappa shape index (κ3) is 2.68. The molecule has 3 rings (SSSR count). The Kier molecular flexibility index (Phi) is 3.52. The average Bonchev–Trinajstić information content (AvgIpc) is 3.10. The van der Waals surface area contributed by atoms with Gasteiger partial charge in [0, 0.05) is 22.1 Å². The van der Waals surface area contributed by atoms with Gasteiger partial charge in [0.1, 0.15) is 4.90 Å². The number of H-pyrrole nitrogens is 1. The van der Waals surface area contributed by atoms with Crippen molar-refractivity contribution in [3.8, 4) is 0 Å². The summed E-state index contributed by atoms with van der Waals surface area (Å²) in [5, 5.41) is 9.55. The average molecular weight is 332 g/mol. The lowest BCUT2D eigenvalue weighted by Crippen LogP contribution is -2.53. The summed E-state index contributed by atoms with van der Waals surface area (Å²) < 4.78 is 23.6. The van der Waals surface area contributed by atoms with E-state index in [1.54, 1.807) is 0 Å². The van der Waals surface area contributed by atoms with Gasteiger partial charge in [0.25, 0.3) is 15.0 Å². The van der Waals surface area contributed by atoms with Crippen LogP contribution in [0.5, 0.6) is 0 Å². The van der Waals surface area contributed by atoms with Crippen LogP contribution in [-0.4, -0.2) is 30.1 Å². The van der Waals surface area contributed by atoms with Crippen molar-refractivity contribution in [2.45, 2.75) is 61.8 Å². The Morgan fingerprint density at radius 3 is 2.57 bits per heavy atom. The molecule has 1 aromatic heterocycles. The molecule has 0 spiro atoms. The third-order valence-electron chi connectivity index (χ3n) is 4.56. The molecule has 1 amide bonds. The van der Waals surface area contributed by atoms with Crippen LogP contribution in [0.3, 0.4) is 0 Å². The Bertz CT molecular complexity index is 669. The number of amides is 1. The Morgan fingerprint density at radius 2 is 2.14 bits per heavy atom. The van der Waals surface area contributed by atoms with Crippen LogP contribution in [0.2, 0.25) is 0 Å². The number of hydrogen-bond donors (Lipinski definition) is 2. The largest absolute Gasteiger partial charge is 0.345 e. The second kappa shape index (κ2) is 4.98. The van der Waals surface area contributed by atoms with Crippen LogP contribution in [0.15, 0.2) is 4.90 Å². The van der Waals surface area contributed by atoms with Crippen molar-refractivity contribution < 1.29 is 13.2 Å². The van der Waals surface area contributed by atoms with Gasteiger partial charge in [-0.05, 0) is 38.5 Å². The molecular formula is C13H18ClN3O3S. The van der Waals surface area contributed by atoms with Gasteiger partial charge in [-0.15, -0.1) is 0 Å². The molecule has 8 heteroatoms. The molecule has 0 radical (unpaired) electrons. The maximum absolute atomic E-state index is 12.4. The van der Waals surface area contributed by atoms with Gasteiger partial charge in [-0.1, -0.05) is 6.92 Å². The second-order valence-electron chi connectivity index (χ2n) is 5.97. The van der Waals surface area contributed by atoms with E-state index >= 15 is 0 Å². The van der Waals surface area contributed by atoms with Crippen LogP contribution < -0.4 is 5.32 Å². The molecule has 0 bridgehead atoms. The van der Waals surface area contributed by atoms with E-state index in [1.165, 1.54) is 0 Å². The van der Waals surface area contributed by atoms with E-state index in [2.05, 4.69) is 15.5 Å². The SMILES string of the molecule is CCC1(NC(=O)c2n[nH]c(C3CC3)c2S(=O)(=O)Cl)CCC1. The molecule has 0 aliphatic heterocycles. The number of rotatable bonds is 5. The van der Waals surface area contributed by atoms with Crippen LogP contribution in [0.4, 0.5) is 0 Å². The maximum Gasteiger partial charge on any atom is 0.273 e. The summed E-state index contributed by atoms with van der Waals surface area (Å²) in [6, 6.07) is 0. The fourth-order valence-corrected chi connectivity index (χ4v) is 4.18. The number of nitrogens with one attached hydrogen (secondary N) is 2. The highest BCUT2D eigenvalue weighted by molar-refractivity contribution is 8.13. The van der Waals surface area contributed by atoms with Crippen molar-refractivity contribution in [2.75, 3.05) is 0 Å². The summed E-state index contributed by atoms with van der Waals surface area (Å²) in [7, 11) is 1.51. The summed E-state index contributed by atoms with van der Waals surface area (Å²) in [6.45, 7) is 2.01. The number of carbonyl (C=O) groups excluding carboxylic acids is 1. The quantitative estimate of drug-likeness (QED) is 0.810. The molecule has 0 aromatic carbocycles. The summed E-state index contributed by atoms with van der Waals surface area (Å²) in [5.41, 5.74) is 0.143. The maximum atomic E-state index is 12.4. The number of hydrogen-bond acceptors (Lipinski definition) is 4.